The number of aryl methyl sites for hydroxylation is 2. The third kappa shape index (κ3) is 8.69. The first-order chi connectivity index (χ1) is 25.2. The zero-order valence-corrected chi connectivity index (χ0v) is 30.9. The largest absolute Gasteiger partial charge is 0.374 e. The summed E-state index contributed by atoms with van der Waals surface area (Å²) in [6.07, 6.45) is 4.55. The van der Waals surface area contributed by atoms with E-state index in [9.17, 15) is 14.4 Å². The summed E-state index contributed by atoms with van der Waals surface area (Å²) in [6.45, 7) is 10.6. The molecule has 1 unspecified atom stereocenters. The molecule has 3 saturated heterocycles. The molecule has 7 rings (SSSR count). The highest BCUT2D eigenvalue weighted by Crippen LogP contribution is 2.29. The van der Waals surface area contributed by atoms with Crippen molar-refractivity contribution in [3.63, 3.8) is 0 Å². The maximum Gasteiger partial charge on any atom is 0.267 e. The van der Waals surface area contributed by atoms with Crippen molar-refractivity contribution in [1.29, 1.82) is 0 Å². The SMILES string of the molecule is Cc1nc(Nc2ncc(C(=O)Nc3c(C)cccc3Cl)s2)cc(N2CCC(N3CCN(Cc4cccc(NC5CCC(=O)NC5=O)c4)CC3)CC2)n1. The second-order valence-corrected chi connectivity index (χ2v) is 15.0. The van der Waals surface area contributed by atoms with Crippen LogP contribution in [-0.4, -0.2) is 93.8 Å². The van der Waals surface area contributed by atoms with Crippen LogP contribution in [0.1, 0.15) is 52.3 Å². The smallest absolute Gasteiger partial charge is 0.267 e. The Morgan fingerprint density at radius 2 is 1.77 bits per heavy atom. The molecule has 3 aliphatic rings. The van der Waals surface area contributed by atoms with E-state index in [2.05, 4.69) is 58.1 Å². The fraction of sp³-hybridized carbons (Fsp3) is 0.405. The molecule has 3 amide bonds. The molecule has 1 atom stereocenters. The van der Waals surface area contributed by atoms with Gasteiger partial charge in [-0.15, -0.1) is 0 Å². The molecule has 4 aromatic rings. The molecular weight excluding hydrogens is 700 g/mol. The maximum absolute atomic E-state index is 12.9. The average molecular weight is 743 g/mol. The van der Waals surface area contributed by atoms with Crippen LogP contribution >= 0.6 is 22.9 Å². The molecule has 0 saturated carbocycles. The normalized spacial score (nSPS) is 19.0. The molecule has 0 bridgehead atoms. The van der Waals surface area contributed by atoms with Gasteiger partial charge in [-0.3, -0.25) is 29.5 Å². The van der Waals surface area contributed by atoms with E-state index in [1.807, 2.05) is 44.2 Å². The number of hydrogen-bond acceptors (Lipinski definition) is 12. The van der Waals surface area contributed by atoms with Crippen molar-refractivity contribution in [1.82, 2.24) is 30.1 Å². The van der Waals surface area contributed by atoms with Gasteiger partial charge >= 0.3 is 0 Å². The highest BCUT2D eigenvalue weighted by molar-refractivity contribution is 7.17. The zero-order chi connectivity index (χ0) is 36.2. The number of carbonyl (C=O) groups excluding carboxylic acids is 3. The van der Waals surface area contributed by atoms with Gasteiger partial charge in [-0.2, -0.15) is 0 Å². The van der Waals surface area contributed by atoms with Gasteiger partial charge in [-0.05, 0) is 62.4 Å². The summed E-state index contributed by atoms with van der Waals surface area (Å²) in [5.74, 6) is 1.46. The van der Waals surface area contributed by atoms with E-state index >= 15 is 0 Å². The Labute approximate surface area is 312 Å². The van der Waals surface area contributed by atoms with Crippen LogP contribution in [0.4, 0.5) is 28.1 Å². The highest BCUT2D eigenvalue weighted by Gasteiger charge is 2.29. The number of nitrogens with zero attached hydrogens (tertiary/aromatic N) is 6. The molecule has 2 aromatic carbocycles. The van der Waals surface area contributed by atoms with Gasteiger partial charge in [0, 0.05) is 70.0 Å². The van der Waals surface area contributed by atoms with Gasteiger partial charge in [0.05, 0.1) is 16.9 Å². The van der Waals surface area contributed by atoms with Gasteiger partial charge < -0.3 is 20.9 Å². The summed E-state index contributed by atoms with van der Waals surface area (Å²) in [7, 11) is 0. The monoisotopic (exact) mass is 742 g/mol. The van der Waals surface area contributed by atoms with Crippen LogP contribution < -0.4 is 26.2 Å². The highest BCUT2D eigenvalue weighted by atomic mass is 35.5. The number of carbonyl (C=O) groups is 3. The molecule has 15 heteroatoms. The van der Waals surface area contributed by atoms with E-state index in [1.54, 1.807) is 12.3 Å². The summed E-state index contributed by atoms with van der Waals surface area (Å²) >= 11 is 7.55. The van der Waals surface area contributed by atoms with Crippen molar-refractivity contribution >= 4 is 68.8 Å². The Bertz CT molecular complexity index is 1920. The van der Waals surface area contributed by atoms with E-state index in [-0.39, 0.29) is 23.8 Å². The number of hydrogen-bond donors (Lipinski definition) is 4. The molecule has 0 aliphatic carbocycles. The number of aromatic nitrogens is 3. The summed E-state index contributed by atoms with van der Waals surface area (Å²) in [5, 5.41) is 12.9. The molecular formula is C37H43ClN10O3S. The van der Waals surface area contributed by atoms with Crippen LogP contribution in [0.5, 0.6) is 0 Å². The van der Waals surface area contributed by atoms with Crippen molar-refractivity contribution < 1.29 is 14.4 Å². The molecule has 4 N–H and O–H groups in total. The van der Waals surface area contributed by atoms with Crippen LogP contribution in [0, 0.1) is 13.8 Å². The van der Waals surface area contributed by atoms with Crippen molar-refractivity contribution in [3.8, 4) is 0 Å². The van der Waals surface area contributed by atoms with Crippen molar-refractivity contribution in [2.75, 3.05) is 60.1 Å². The standard InChI is InChI=1S/C37H43ClN10O3S/c1-23-5-3-8-28(38)34(23)45-36(51)30-21-39-37(52-30)43-31-20-32(41-24(2)40-31)48-13-11-27(12-14-48)47-17-15-46(16-18-47)22-25-6-4-7-26(19-25)42-29-9-10-33(49)44-35(29)50/h3-8,19-21,27,29,42H,9-18,22H2,1-2H3,(H,45,51)(H,44,49,50)(H,39,40,41,43). The number of imide groups is 1. The van der Waals surface area contributed by atoms with Gasteiger partial charge in [0.1, 0.15) is 28.4 Å². The fourth-order valence-electron chi connectivity index (χ4n) is 7.09. The summed E-state index contributed by atoms with van der Waals surface area (Å²) in [4.78, 5) is 58.3. The fourth-order valence-corrected chi connectivity index (χ4v) is 8.07. The Morgan fingerprint density at radius 1 is 0.981 bits per heavy atom. The third-order valence-corrected chi connectivity index (χ3v) is 11.1. The lowest BCUT2D eigenvalue weighted by atomic mass is 10.0. The number of rotatable bonds is 10. The minimum Gasteiger partial charge on any atom is -0.374 e. The Morgan fingerprint density at radius 3 is 2.54 bits per heavy atom. The van der Waals surface area contributed by atoms with Crippen LogP contribution in [0.2, 0.25) is 5.02 Å². The number of benzene rings is 2. The van der Waals surface area contributed by atoms with Crippen LogP contribution in [0.15, 0.2) is 54.7 Å². The number of halogens is 1. The average Bonchev–Trinajstić information content (AvgIpc) is 3.60. The number of piperidine rings is 2. The molecule has 3 fully saturated rings. The van der Waals surface area contributed by atoms with E-state index in [0.29, 0.717) is 51.2 Å². The minimum absolute atomic E-state index is 0.206. The van der Waals surface area contributed by atoms with Gasteiger partial charge in [-0.1, -0.05) is 47.2 Å². The molecule has 0 radical (unpaired) electrons. The predicted molar refractivity (Wildman–Crippen MR) is 205 cm³/mol. The molecule has 3 aliphatic heterocycles. The molecule has 2 aromatic heterocycles. The lowest BCUT2D eigenvalue weighted by molar-refractivity contribution is -0.133. The minimum atomic E-state index is -0.385. The Hall–Kier alpha value is -4.63. The van der Waals surface area contributed by atoms with Crippen LogP contribution in [0.25, 0.3) is 0 Å². The second kappa shape index (κ2) is 15.9. The van der Waals surface area contributed by atoms with Gasteiger partial charge in [0.15, 0.2) is 5.13 Å². The molecule has 5 heterocycles. The van der Waals surface area contributed by atoms with Crippen molar-refractivity contribution in [2.24, 2.45) is 0 Å². The number of nitrogens with one attached hydrogen (secondary N) is 4. The molecule has 13 nitrogen and oxygen atoms in total. The van der Waals surface area contributed by atoms with E-state index in [4.69, 9.17) is 16.6 Å². The number of piperazine rings is 1. The molecule has 272 valence electrons. The maximum atomic E-state index is 12.9. The summed E-state index contributed by atoms with van der Waals surface area (Å²) in [5.41, 5.74) is 3.59. The number of amides is 3. The number of para-hydroxylation sites is 1. The lowest BCUT2D eigenvalue weighted by Gasteiger charge is -2.43. The van der Waals surface area contributed by atoms with E-state index in [1.165, 1.54) is 16.9 Å². The molecule has 0 spiro atoms. The van der Waals surface area contributed by atoms with Gasteiger partial charge in [0.25, 0.3) is 5.91 Å². The van der Waals surface area contributed by atoms with Gasteiger partial charge in [0.2, 0.25) is 11.8 Å². The van der Waals surface area contributed by atoms with Crippen LogP contribution in [-0.2, 0) is 16.1 Å². The van der Waals surface area contributed by atoms with Crippen LogP contribution in [0.3, 0.4) is 0 Å². The summed E-state index contributed by atoms with van der Waals surface area (Å²) in [6, 6.07) is 15.8. The topological polar surface area (TPSA) is 148 Å². The molecule has 52 heavy (non-hydrogen) atoms. The van der Waals surface area contributed by atoms with Gasteiger partial charge in [-0.25, -0.2) is 15.0 Å². The Kier molecular flexibility index (Phi) is 11.0. The number of anilines is 5. The van der Waals surface area contributed by atoms with E-state index in [0.717, 1.165) is 75.7 Å². The predicted octanol–water partition coefficient (Wildman–Crippen LogP) is 5.20. The zero-order valence-electron chi connectivity index (χ0n) is 29.3. The lowest BCUT2D eigenvalue weighted by Crippen LogP contribution is -2.53. The first-order valence-electron chi connectivity index (χ1n) is 17.7. The van der Waals surface area contributed by atoms with E-state index < -0.39 is 0 Å². The van der Waals surface area contributed by atoms with Crippen molar-refractivity contribution in [3.05, 3.63) is 81.6 Å². The quantitative estimate of drug-likeness (QED) is 0.159. The first kappa shape index (κ1) is 35.8. The third-order valence-electron chi connectivity index (χ3n) is 9.87. The number of thiazole rings is 1. The first-order valence-corrected chi connectivity index (χ1v) is 18.9. The summed E-state index contributed by atoms with van der Waals surface area (Å²) < 4.78 is 0. The second-order valence-electron chi connectivity index (χ2n) is 13.6. The Balaban J connectivity index is 0.878. The van der Waals surface area contributed by atoms with Crippen molar-refractivity contribution in [2.45, 2.75) is 58.2 Å².